The Morgan fingerprint density at radius 1 is 0.857 bits per heavy atom. The van der Waals surface area contributed by atoms with Gasteiger partial charge in [0.15, 0.2) is 29.0 Å². The van der Waals surface area contributed by atoms with E-state index < -0.39 is 23.6 Å². The highest BCUT2D eigenvalue weighted by Gasteiger charge is 2.19. The van der Waals surface area contributed by atoms with Gasteiger partial charge in [-0.1, -0.05) is 6.07 Å². The van der Waals surface area contributed by atoms with E-state index in [9.17, 15) is 18.3 Å². The van der Waals surface area contributed by atoms with Crippen molar-refractivity contribution in [3.05, 3.63) is 58.9 Å². The maximum atomic E-state index is 13.2. The van der Waals surface area contributed by atoms with Crippen LogP contribution in [0.2, 0.25) is 0 Å². The molecule has 0 aliphatic carbocycles. The molecule has 1 N–H and O–H groups in total. The lowest BCUT2D eigenvalue weighted by atomic mass is 10.0. The van der Waals surface area contributed by atoms with Crippen LogP contribution in [0.5, 0.6) is 11.5 Å². The van der Waals surface area contributed by atoms with Gasteiger partial charge in [-0.15, -0.1) is 0 Å². The monoisotopic (exact) mass is 296 g/mol. The lowest BCUT2D eigenvalue weighted by Gasteiger charge is -2.20. The number of benzene rings is 2. The predicted octanol–water partition coefficient (Wildman–Crippen LogP) is 2.96. The van der Waals surface area contributed by atoms with Crippen LogP contribution in [-0.2, 0) is 0 Å². The zero-order valence-electron chi connectivity index (χ0n) is 10.8. The minimum Gasteiger partial charge on any atom is -0.486 e. The Morgan fingerprint density at radius 3 is 2.14 bits per heavy atom. The Balaban J connectivity index is 1.96. The molecule has 1 aliphatic heterocycles. The standard InChI is InChI=1S/C15H11F3O3/c16-10-5-9(6-11(17)14(10)18)15(19)8-1-2-12-13(7-8)21-4-3-20-12/h1-2,5-7,15,19H,3-4H2. The summed E-state index contributed by atoms with van der Waals surface area (Å²) in [7, 11) is 0. The van der Waals surface area contributed by atoms with Crippen LogP contribution in [0.4, 0.5) is 13.2 Å². The second kappa shape index (κ2) is 5.29. The Morgan fingerprint density at radius 2 is 1.48 bits per heavy atom. The third-order valence-corrected chi connectivity index (χ3v) is 3.20. The second-order valence-corrected chi connectivity index (χ2v) is 4.60. The van der Waals surface area contributed by atoms with E-state index in [0.29, 0.717) is 30.3 Å². The van der Waals surface area contributed by atoms with Crippen LogP contribution in [0, 0.1) is 17.5 Å². The van der Waals surface area contributed by atoms with Crippen LogP contribution >= 0.6 is 0 Å². The summed E-state index contributed by atoms with van der Waals surface area (Å²) in [6, 6.07) is 6.21. The summed E-state index contributed by atoms with van der Waals surface area (Å²) in [6.45, 7) is 0.815. The summed E-state index contributed by atoms with van der Waals surface area (Å²) < 4.78 is 50.1. The lowest BCUT2D eigenvalue weighted by Crippen LogP contribution is -2.15. The smallest absolute Gasteiger partial charge is 0.194 e. The summed E-state index contributed by atoms with van der Waals surface area (Å²) >= 11 is 0. The number of hydrogen-bond donors (Lipinski definition) is 1. The molecule has 3 nitrogen and oxygen atoms in total. The largest absolute Gasteiger partial charge is 0.486 e. The molecule has 0 saturated carbocycles. The number of halogens is 3. The maximum Gasteiger partial charge on any atom is 0.194 e. The molecule has 0 aromatic heterocycles. The molecule has 0 radical (unpaired) electrons. The molecule has 0 saturated heterocycles. The number of rotatable bonds is 2. The average Bonchev–Trinajstić information content (AvgIpc) is 2.51. The van der Waals surface area contributed by atoms with E-state index in [1.54, 1.807) is 12.1 Å². The van der Waals surface area contributed by atoms with Crippen LogP contribution < -0.4 is 9.47 Å². The van der Waals surface area contributed by atoms with Crippen molar-refractivity contribution in [2.24, 2.45) is 0 Å². The van der Waals surface area contributed by atoms with Crippen molar-refractivity contribution >= 4 is 0 Å². The van der Waals surface area contributed by atoms with Gasteiger partial charge < -0.3 is 14.6 Å². The molecular weight excluding hydrogens is 285 g/mol. The summed E-state index contributed by atoms with van der Waals surface area (Å²) in [6.07, 6.45) is -1.30. The maximum absolute atomic E-state index is 13.2. The molecule has 1 atom stereocenters. The van der Waals surface area contributed by atoms with E-state index in [2.05, 4.69) is 0 Å². The molecule has 0 fully saturated rings. The molecule has 1 aliphatic rings. The zero-order chi connectivity index (χ0) is 15.0. The molecule has 1 heterocycles. The van der Waals surface area contributed by atoms with E-state index in [0.717, 1.165) is 12.1 Å². The van der Waals surface area contributed by atoms with Crippen LogP contribution in [0.15, 0.2) is 30.3 Å². The van der Waals surface area contributed by atoms with Crippen molar-refractivity contribution < 1.29 is 27.8 Å². The lowest BCUT2D eigenvalue weighted by molar-refractivity contribution is 0.169. The summed E-state index contributed by atoms with van der Waals surface area (Å²) in [4.78, 5) is 0. The van der Waals surface area contributed by atoms with E-state index in [1.807, 2.05) is 0 Å². The van der Waals surface area contributed by atoms with E-state index in [-0.39, 0.29) is 5.56 Å². The molecule has 21 heavy (non-hydrogen) atoms. The average molecular weight is 296 g/mol. The molecule has 2 aromatic carbocycles. The molecule has 1 unspecified atom stereocenters. The van der Waals surface area contributed by atoms with Gasteiger partial charge >= 0.3 is 0 Å². The summed E-state index contributed by atoms with van der Waals surface area (Å²) in [5.74, 6) is -3.27. The van der Waals surface area contributed by atoms with Gasteiger partial charge in [-0.25, -0.2) is 13.2 Å². The second-order valence-electron chi connectivity index (χ2n) is 4.60. The fraction of sp³-hybridized carbons (Fsp3) is 0.200. The van der Waals surface area contributed by atoms with Gasteiger partial charge in [-0.3, -0.25) is 0 Å². The number of aliphatic hydroxyl groups is 1. The Bertz CT molecular complexity index is 665. The molecule has 6 heteroatoms. The molecule has 0 bridgehead atoms. The van der Waals surface area contributed by atoms with Gasteiger partial charge in [0.05, 0.1) is 0 Å². The van der Waals surface area contributed by atoms with Gasteiger partial charge in [0.2, 0.25) is 0 Å². The van der Waals surface area contributed by atoms with Gasteiger partial charge in [0.25, 0.3) is 0 Å². The highest BCUT2D eigenvalue weighted by Crippen LogP contribution is 2.34. The van der Waals surface area contributed by atoms with Gasteiger partial charge in [0, 0.05) is 0 Å². The quantitative estimate of drug-likeness (QED) is 0.866. The van der Waals surface area contributed by atoms with Crippen molar-refractivity contribution in [2.75, 3.05) is 13.2 Å². The van der Waals surface area contributed by atoms with Crippen molar-refractivity contribution in [3.8, 4) is 11.5 Å². The normalized spacial score (nSPS) is 14.9. The van der Waals surface area contributed by atoms with Gasteiger partial charge in [-0.2, -0.15) is 0 Å². The number of aliphatic hydroxyl groups excluding tert-OH is 1. The molecule has 0 amide bonds. The minimum atomic E-state index is -1.56. The number of fused-ring (bicyclic) bond motifs is 1. The van der Waals surface area contributed by atoms with Crippen molar-refractivity contribution in [2.45, 2.75) is 6.10 Å². The van der Waals surface area contributed by atoms with Crippen LogP contribution in [0.1, 0.15) is 17.2 Å². The highest BCUT2D eigenvalue weighted by atomic mass is 19.2. The third-order valence-electron chi connectivity index (χ3n) is 3.20. The van der Waals surface area contributed by atoms with Crippen molar-refractivity contribution in [1.82, 2.24) is 0 Å². The fourth-order valence-electron chi connectivity index (χ4n) is 2.16. The van der Waals surface area contributed by atoms with E-state index in [1.165, 1.54) is 6.07 Å². The first-order chi connectivity index (χ1) is 10.1. The van der Waals surface area contributed by atoms with Crippen molar-refractivity contribution in [1.29, 1.82) is 0 Å². The molecule has 0 spiro atoms. The van der Waals surface area contributed by atoms with E-state index in [4.69, 9.17) is 9.47 Å². The van der Waals surface area contributed by atoms with Gasteiger partial charge in [0.1, 0.15) is 19.3 Å². The molecule has 110 valence electrons. The molecule has 3 rings (SSSR count). The van der Waals surface area contributed by atoms with Crippen LogP contribution in [0.25, 0.3) is 0 Å². The first kappa shape index (κ1) is 13.8. The molecule has 2 aromatic rings. The van der Waals surface area contributed by atoms with Crippen LogP contribution in [0.3, 0.4) is 0 Å². The fourth-order valence-corrected chi connectivity index (χ4v) is 2.16. The summed E-state index contributed by atoms with van der Waals surface area (Å²) in [5, 5.41) is 10.2. The van der Waals surface area contributed by atoms with Crippen LogP contribution in [-0.4, -0.2) is 18.3 Å². The first-order valence-electron chi connectivity index (χ1n) is 6.28. The van der Waals surface area contributed by atoms with E-state index >= 15 is 0 Å². The summed E-state index contributed by atoms with van der Waals surface area (Å²) in [5.41, 5.74) is 0.285. The van der Waals surface area contributed by atoms with Crippen molar-refractivity contribution in [3.63, 3.8) is 0 Å². The minimum absolute atomic E-state index is 0.0805. The Labute approximate surface area is 118 Å². The topological polar surface area (TPSA) is 38.7 Å². The zero-order valence-corrected chi connectivity index (χ0v) is 10.8. The third kappa shape index (κ3) is 2.54. The Kier molecular flexibility index (Phi) is 3.47. The predicted molar refractivity (Wildman–Crippen MR) is 67.8 cm³/mol. The SMILES string of the molecule is OC(c1cc(F)c(F)c(F)c1)c1ccc2c(c1)OCCO2. The first-order valence-corrected chi connectivity index (χ1v) is 6.28. The molecular formula is C15H11F3O3. The highest BCUT2D eigenvalue weighted by molar-refractivity contribution is 5.46. The number of hydrogen-bond acceptors (Lipinski definition) is 3. The number of ether oxygens (including phenoxy) is 2. The Hall–Kier alpha value is -2.21. The van der Waals surface area contributed by atoms with Gasteiger partial charge in [-0.05, 0) is 35.4 Å².